The molecule has 6 heteroatoms. The van der Waals surface area contributed by atoms with Crippen molar-refractivity contribution in [2.45, 2.75) is 44.6 Å². The average Bonchev–Trinajstić information content (AvgIpc) is 3.21. The molecule has 1 aliphatic carbocycles. The Morgan fingerprint density at radius 1 is 1.52 bits per heavy atom. The summed E-state index contributed by atoms with van der Waals surface area (Å²) in [5, 5.41) is 11.4. The Hall–Kier alpha value is -1.14. The normalized spacial score (nSPS) is 22.8. The number of aromatic nitrogens is 2. The molecule has 23 heavy (non-hydrogen) atoms. The van der Waals surface area contributed by atoms with Gasteiger partial charge in [0.2, 0.25) is 0 Å². The molecule has 2 aromatic rings. The number of carboxylic acids is 1. The van der Waals surface area contributed by atoms with E-state index in [9.17, 15) is 9.90 Å². The minimum absolute atomic E-state index is 0.145. The maximum atomic E-state index is 11.2. The summed E-state index contributed by atoms with van der Waals surface area (Å²) in [4.78, 5) is 16.7. The highest BCUT2D eigenvalue weighted by Gasteiger charge is 2.28. The number of thiophene rings is 1. The molecule has 4 nitrogen and oxygen atoms in total. The molecule has 0 saturated heterocycles. The van der Waals surface area contributed by atoms with E-state index in [4.69, 9.17) is 0 Å². The van der Waals surface area contributed by atoms with Crippen LogP contribution in [0.1, 0.15) is 49.4 Å². The van der Waals surface area contributed by atoms with Crippen LogP contribution in [0.15, 0.2) is 34.6 Å². The zero-order valence-corrected chi connectivity index (χ0v) is 15.3. The van der Waals surface area contributed by atoms with E-state index < -0.39 is 5.97 Å². The fraction of sp³-hybridized carbons (Fsp3) is 0.529. The summed E-state index contributed by atoms with van der Waals surface area (Å²) in [6.45, 7) is 0. The topological polar surface area (TPSA) is 55.1 Å². The van der Waals surface area contributed by atoms with E-state index in [1.807, 2.05) is 18.7 Å². The zero-order chi connectivity index (χ0) is 16.2. The second kappa shape index (κ2) is 7.62. The van der Waals surface area contributed by atoms with Crippen LogP contribution in [0, 0.1) is 11.8 Å². The van der Waals surface area contributed by atoms with E-state index in [-0.39, 0.29) is 12.0 Å². The minimum atomic E-state index is -0.623. The molecule has 3 rings (SSSR count). The molecular formula is C17H21BrN2O2S. The van der Waals surface area contributed by atoms with Crippen LogP contribution in [-0.4, -0.2) is 20.6 Å². The summed E-state index contributed by atoms with van der Waals surface area (Å²) in [5.74, 6) is -0.245. The van der Waals surface area contributed by atoms with Crippen molar-refractivity contribution in [3.05, 3.63) is 39.5 Å². The van der Waals surface area contributed by atoms with Crippen LogP contribution < -0.4 is 0 Å². The Balaban J connectivity index is 1.68. The molecule has 0 bridgehead atoms. The highest BCUT2D eigenvalue weighted by molar-refractivity contribution is 9.10. The first-order valence-electron chi connectivity index (χ1n) is 8.08. The smallest absolute Gasteiger partial charge is 0.306 e. The van der Waals surface area contributed by atoms with Crippen molar-refractivity contribution in [1.82, 2.24) is 9.55 Å². The van der Waals surface area contributed by atoms with Gasteiger partial charge in [0.1, 0.15) is 0 Å². The SMILES string of the molecule is O=C(O)C1CCCC(CCC(c2sccc2Br)n2ccnc2)C1. The number of carboxylic acid groups (broad SMARTS) is 1. The van der Waals surface area contributed by atoms with Crippen molar-refractivity contribution in [1.29, 1.82) is 0 Å². The van der Waals surface area contributed by atoms with E-state index in [0.717, 1.165) is 43.0 Å². The van der Waals surface area contributed by atoms with Crippen molar-refractivity contribution in [3.63, 3.8) is 0 Å². The van der Waals surface area contributed by atoms with Gasteiger partial charge in [-0.3, -0.25) is 4.79 Å². The maximum absolute atomic E-state index is 11.2. The lowest BCUT2D eigenvalue weighted by atomic mass is 9.79. The minimum Gasteiger partial charge on any atom is -0.481 e. The summed E-state index contributed by atoms with van der Waals surface area (Å²) < 4.78 is 3.31. The van der Waals surface area contributed by atoms with Crippen molar-refractivity contribution in [2.24, 2.45) is 11.8 Å². The second-order valence-electron chi connectivity index (χ2n) is 6.30. The second-order valence-corrected chi connectivity index (χ2v) is 8.11. The number of nitrogens with zero attached hydrogens (tertiary/aromatic N) is 2. The van der Waals surface area contributed by atoms with Crippen molar-refractivity contribution in [3.8, 4) is 0 Å². The third-order valence-electron chi connectivity index (χ3n) is 4.81. The number of carbonyl (C=O) groups is 1. The summed E-state index contributed by atoms with van der Waals surface area (Å²) in [5.41, 5.74) is 0. The first-order chi connectivity index (χ1) is 11.1. The largest absolute Gasteiger partial charge is 0.481 e. The summed E-state index contributed by atoms with van der Waals surface area (Å²) in [6, 6.07) is 2.36. The highest BCUT2D eigenvalue weighted by Crippen LogP contribution is 2.38. The predicted octanol–water partition coefficient (Wildman–Crippen LogP) is 4.97. The van der Waals surface area contributed by atoms with Gasteiger partial charge in [0, 0.05) is 21.7 Å². The van der Waals surface area contributed by atoms with Gasteiger partial charge in [-0.2, -0.15) is 0 Å². The summed E-state index contributed by atoms with van der Waals surface area (Å²) >= 11 is 5.40. The van der Waals surface area contributed by atoms with E-state index in [1.54, 1.807) is 11.3 Å². The van der Waals surface area contributed by atoms with Crippen LogP contribution in [-0.2, 0) is 4.79 Å². The molecule has 0 aromatic carbocycles. The fourth-order valence-corrected chi connectivity index (χ4v) is 5.36. The molecule has 2 heterocycles. The Morgan fingerprint density at radius 2 is 2.39 bits per heavy atom. The molecule has 1 fully saturated rings. The molecule has 0 radical (unpaired) electrons. The Bertz CT molecular complexity index is 641. The third kappa shape index (κ3) is 4.04. The van der Waals surface area contributed by atoms with Crippen LogP contribution in [0.2, 0.25) is 0 Å². The van der Waals surface area contributed by atoms with E-state index in [1.165, 1.54) is 4.88 Å². The third-order valence-corrected chi connectivity index (χ3v) is 6.78. The van der Waals surface area contributed by atoms with Crippen LogP contribution in [0.5, 0.6) is 0 Å². The van der Waals surface area contributed by atoms with Gasteiger partial charge in [-0.05, 0) is 59.0 Å². The molecule has 1 aliphatic rings. The Morgan fingerprint density at radius 3 is 3.04 bits per heavy atom. The standard InChI is InChI=1S/C17H21BrN2O2S/c18-14-6-9-23-16(14)15(20-8-7-19-11-20)5-4-12-2-1-3-13(10-12)17(21)22/h6-9,11-13,15H,1-5,10H2,(H,21,22). The van der Waals surface area contributed by atoms with E-state index in [2.05, 4.69) is 36.9 Å². The number of hydrogen-bond acceptors (Lipinski definition) is 3. The average molecular weight is 397 g/mol. The van der Waals surface area contributed by atoms with Gasteiger partial charge in [-0.25, -0.2) is 4.98 Å². The maximum Gasteiger partial charge on any atom is 0.306 e. The first kappa shape index (κ1) is 16.7. The van der Waals surface area contributed by atoms with Crippen LogP contribution in [0.25, 0.3) is 0 Å². The highest BCUT2D eigenvalue weighted by atomic mass is 79.9. The number of imidazole rings is 1. The number of halogens is 1. The lowest BCUT2D eigenvalue weighted by molar-refractivity contribution is -0.143. The van der Waals surface area contributed by atoms with Gasteiger partial charge in [-0.15, -0.1) is 11.3 Å². The Labute approximate surface area is 148 Å². The van der Waals surface area contributed by atoms with Gasteiger partial charge in [0.05, 0.1) is 18.3 Å². The molecule has 3 atom stereocenters. The van der Waals surface area contributed by atoms with Crippen LogP contribution in [0.3, 0.4) is 0 Å². The van der Waals surface area contributed by atoms with Gasteiger partial charge >= 0.3 is 5.97 Å². The van der Waals surface area contributed by atoms with Gasteiger partial charge in [0.15, 0.2) is 0 Å². The fourth-order valence-electron chi connectivity index (χ4n) is 3.58. The number of rotatable bonds is 6. The van der Waals surface area contributed by atoms with Crippen molar-refractivity contribution < 1.29 is 9.90 Å². The molecule has 1 N–H and O–H groups in total. The molecule has 0 spiro atoms. The van der Waals surface area contributed by atoms with Crippen LogP contribution >= 0.6 is 27.3 Å². The first-order valence-corrected chi connectivity index (χ1v) is 9.75. The molecule has 3 unspecified atom stereocenters. The molecule has 0 aliphatic heterocycles. The van der Waals surface area contributed by atoms with Crippen LogP contribution in [0.4, 0.5) is 0 Å². The quantitative estimate of drug-likeness (QED) is 0.749. The number of aliphatic carboxylic acids is 1. The van der Waals surface area contributed by atoms with E-state index in [0.29, 0.717) is 5.92 Å². The van der Waals surface area contributed by atoms with Gasteiger partial charge < -0.3 is 9.67 Å². The molecule has 124 valence electrons. The lowest BCUT2D eigenvalue weighted by Crippen LogP contribution is -2.23. The van der Waals surface area contributed by atoms with Gasteiger partial charge in [-0.1, -0.05) is 12.8 Å². The monoisotopic (exact) mass is 396 g/mol. The van der Waals surface area contributed by atoms with Gasteiger partial charge in [0.25, 0.3) is 0 Å². The molecule has 0 amide bonds. The molecule has 2 aromatic heterocycles. The van der Waals surface area contributed by atoms with Crippen molar-refractivity contribution >= 4 is 33.2 Å². The molecule has 1 saturated carbocycles. The van der Waals surface area contributed by atoms with Crippen molar-refractivity contribution in [2.75, 3.05) is 0 Å². The number of hydrogen-bond donors (Lipinski definition) is 1. The summed E-state index contributed by atoms with van der Waals surface area (Å²) in [7, 11) is 0. The predicted molar refractivity (Wildman–Crippen MR) is 94.7 cm³/mol. The Kier molecular flexibility index (Phi) is 5.54. The van der Waals surface area contributed by atoms with E-state index >= 15 is 0 Å². The molecular weight excluding hydrogens is 376 g/mol. The zero-order valence-electron chi connectivity index (χ0n) is 12.9. The summed E-state index contributed by atoms with van der Waals surface area (Å²) in [6.07, 6.45) is 11.7. The lowest BCUT2D eigenvalue weighted by Gasteiger charge is -2.28.